The second-order valence-electron chi connectivity index (χ2n) is 5.68. The maximum absolute atomic E-state index is 13.1. The Morgan fingerprint density at radius 3 is 2.67 bits per heavy atom. The number of ketones is 1. The molecule has 9 heteroatoms. The summed E-state index contributed by atoms with van der Waals surface area (Å²) in [5.41, 5.74) is 0.548. The van der Waals surface area contributed by atoms with Gasteiger partial charge in [0.15, 0.2) is 12.4 Å². The molecule has 2 aromatic carbocycles. The van der Waals surface area contributed by atoms with Gasteiger partial charge in [0.1, 0.15) is 11.7 Å². The minimum Gasteiger partial charge on any atom is -0.457 e. The van der Waals surface area contributed by atoms with Gasteiger partial charge in [0.25, 0.3) is 10.0 Å². The summed E-state index contributed by atoms with van der Waals surface area (Å²) < 4.78 is 44.2. The number of halogens is 1. The number of carbonyl (C=O) groups excluding carboxylic acids is 2. The number of rotatable bonds is 6. The van der Waals surface area contributed by atoms with Crippen molar-refractivity contribution in [3.8, 4) is 0 Å². The van der Waals surface area contributed by atoms with E-state index in [2.05, 4.69) is 9.71 Å². The molecule has 1 aliphatic heterocycles. The highest BCUT2D eigenvalue weighted by Crippen LogP contribution is 2.22. The van der Waals surface area contributed by atoms with E-state index in [0.29, 0.717) is 5.56 Å². The van der Waals surface area contributed by atoms with Gasteiger partial charge in [0.05, 0.1) is 17.9 Å². The molecule has 1 N–H and O–H groups in total. The topological polar surface area (TPSA) is 102 Å². The van der Waals surface area contributed by atoms with Gasteiger partial charge < -0.3 is 4.74 Å². The Hall–Kier alpha value is -3.07. The first-order valence-corrected chi connectivity index (χ1v) is 9.46. The summed E-state index contributed by atoms with van der Waals surface area (Å²) in [6.45, 7) is -0.520. The van der Waals surface area contributed by atoms with Crippen molar-refractivity contribution in [2.24, 2.45) is 4.99 Å². The Balaban J connectivity index is 1.53. The Morgan fingerprint density at radius 1 is 1.11 bits per heavy atom. The van der Waals surface area contributed by atoms with Crippen LogP contribution in [0.25, 0.3) is 0 Å². The second kappa shape index (κ2) is 7.67. The van der Waals surface area contributed by atoms with Gasteiger partial charge in [-0.15, -0.1) is 0 Å². The van der Waals surface area contributed by atoms with Crippen molar-refractivity contribution in [1.82, 2.24) is 4.72 Å². The van der Waals surface area contributed by atoms with Crippen LogP contribution in [0, 0.1) is 5.82 Å². The SMILES string of the molecule is O=C(CCN=C1NS(=O)(=O)c2ccccc21)OCC(=O)c1cccc(F)c1. The van der Waals surface area contributed by atoms with Gasteiger partial charge in [-0.3, -0.25) is 19.3 Å². The summed E-state index contributed by atoms with van der Waals surface area (Å²) in [4.78, 5) is 27.8. The average Bonchev–Trinajstić information content (AvgIpc) is 2.90. The van der Waals surface area contributed by atoms with Crippen molar-refractivity contribution in [3.63, 3.8) is 0 Å². The molecule has 0 bridgehead atoms. The van der Waals surface area contributed by atoms with E-state index >= 15 is 0 Å². The van der Waals surface area contributed by atoms with Crippen LogP contribution in [0.15, 0.2) is 58.4 Å². The molecule has 0 saturated heterocycles. The number of carbonyl (C=O) groups is 2. The molecular formula is C18H15FN2O5S. The molecular weight excluding hydrogens is 375 g/mol. The zero-order chi connectivity index (χ0) is 19.4. The maximum Gasteiger partial charge on any atom is 0.308 e. The fourth-order valence-electron chi connectivity index (χ4n) is 2.47. The maximum atomic E-state index is 13.1. The number of sulfonamides is 1. The quantitative estimate of drug-likeness (QED) is 0.597. The number of nitrogens with zero attached hydrogens (tertiary/aromatic N) is 1. The van der Waals surface area contributed by atoms with E-state index in [1.165, 1.54) is 24.3 Å². The van der Waals surface area contributed by atoms with Crippen molar-refractivity contribution in [2.45, 2.75) is 11.3 Å². The molecule has 0 aromatic heterocycles. The van der Waals surface area contributed by atoms with Crippen LogP contribution in [0.4, 0.5) is 4.39 Å². The third-order valence-corrected chi connectivity index (χ3v) is 5.16. The van der Waals surface area contributed by atoms with Crippen LogP contribution < -0.4 is 4.72 Å². The Morgan fingerprint density at radius 2 is 1.89 bits per heavy atom. The fraction of sp³-hybridized carbons (Fsp3) is 0.167. The second-order valence-corrected chi connectivity index (χ2v) is 7.33. The zero-order valence-electron chi connectivity index (χ0n) is 14.0. The minimum atomic E-state index is -3.63. The Labute approximate surface area is 154 Å². The number of nitrogens with one attached hydrogen (secondary N) is 1. The van der Waals surface area contributed by atoms with Crippen LogP contribution in [0.2, 0.25) is 0 Å². The molecule has 2 aromatic rings. The average molecular weight is 390 g/mol. The highest BCUT2D eigenvalue weighted by Gasteiger charge is 2.29. The fourth-order valence-corrected chi connectivity index (χ4v) is 3.72. The minimum absolute atomic E-state index is 0.0147. The number of esters is 1. The van der Waals surface area contributed by atoms with E-state index in [1.54, 1.807) is 18.2 Å². The molecule has 1 aliphatic rings. The van der Waals surface area contributed by atoms with Crippen molar-refractivity contribution in [1.29, 1.82) is 0 Å². The summed E-state index contributed by atoms with van der Waals surface area (Å²) in [7, 11) is -3.63. The highest BCUT2D eigenvalue weighted by molar-refractivity contribution is 7.90. The summed E-state index contributed by atoms with van der Waals surface area (Å²) >= 11 is 0. The normalized spacial score (nSPS) is 15.8. The van der Waals surface area contributed by atoms with Gasteiger partial charge in [-0.25, -0.2) is 12.8 Å². The largest absolute Gasteiger partial charge is 0.457 e. The predicted octanol–water partition coefficient (Wildman–Crippen LogP) is 1.68. The van der Waals surface area contributed by atoms with E-state index < -0.39 is 34.2 Å². The van der Waals surface area contributed by atoms with Crippen LogP contribution in [0.3, 0.4) is 0 Å². The predicted molar refractivity (Wildman–Crippen MR) is 94.5 cm³/mol. The molecule has 0 saturated carbocycles. The lowest BCUT2D eigenvalue weighted by molar-refractivity contribution is -0.142. The summed E-state index contributed by atoms with van der Waals surface area (Å²) in [6, 6.07) is 11.4. The first-order chi connectivity index (χ1) is 12.9. The number of benzene rings is 2. The first-order valence-electron chi connectivity index (χ1n) is 7.98. The van der Waals surface area contributed by atoms with E-state index in [4.69, 9.17) is 4.74 Å². The number of hydrogen-bond acceptors (Lipinski definition) is 6. The molecule has 140 valence electrons. The summed E-state index contributed by atoms with van der Waals surface area (Å²) in [6.07, 6.45) is -0.135. The molecule has 0 unspecified atom stereocenters. The van der Waals surface area contributed by atoms with Crippen molar-refractivity contribution in [3.05, 3.63) is 65.5 Å². The number of aliphatic imine (C=N–C) groups is 1. The van der Waals surface area contributed by atoms with Gasteiger partial charge in [0, 0.05) is 11.1 Å². The molecule has 0 atom stereocenters. The van der Waals surface area contributed by atoms with Crippen molar-refractivity contribution in [2.75, 3.05) is 13.2 Å². The zero-order valence-corrected chi connectivity index (χ0v) is 14.8. The molecule has 0 radical (unpaired) electrons. The first kappa shape index (κ1) is 18.7. The van der Waals surface area contributed by atoms with Gasteiger partial charge >= 0.3 is 5.97 Å². The molecule has 1 heterocycles. The third-order valence-electron chi connectivity index (χ3n) is 3.76. The standard InChI is InChI=1S/C18H15FN2O5S/c19-13-5-3-4-12(10-13)15(22)11-26-17(23)8-9-20-18-14-6-1-2-7-16(14)27(24,25)21-18/h1-7,10H,8-9,11H2,(H,20,21). The van der Waals surface area contributed by atoms with E-state index in [9.17, 15) is 22.4 Å². The molecule has 0 aliphatic carbocycles. The van der Waals surface area contributed by atoms with Gasteiger partial charge in [-0.05, 0) is 24.3 Å². The summed E-state index contributed by atoms with van der Waals surface area (Å²) in [5, 5.41) is 0. The van der Waals surface area contributed by atoms with Gasteiger partial charge in [-0.2, -0.15) is 0 Å². The number of fused-ring (bicyclic) bond motifs is 1. The van der Waals surface area contributed by atoms with Crippen LogP contribution in [0.5, 0.6) is 0 Å². The Kier molecular flexibility index (Phi) is 5.31. The number of amidine groups is 1. The smallest absolute Gasteiger partial charge is 0.308 e. The van der Waals surface area contributed by atoms with Gasteiger partial charge in [-0.1, -0.05) is 24.3 Å². The summed E-state index contributed by atoms with van der Waals surface area (Å²) in [5.74, 6) is -1.58. The molecule has 27 heavy (non-hydrogen) atoms. The lowest BCUT2D eigenvalue weighted by Gasteiger charge is -2.04. The number of ether oxygens (including phenoxy) is 1. The Bertz CT molecular complexity index is 1030. The van der Waals surface area contributed by atoms with Crippen LogP contribution in [-0.4, -0.2) is 39.2 Å². The molecule has 3 rings (SSSR count). The van der Waals surface area contributed by atoms with Crippen LogP contribution in [0.1, 0.15) is 22.3 Å². The van der Waals surface area contributed by atoms with Gasteiger partial charge in [0.2, 0.25) is 0 Å². The lowest BCUT2D eigenvalue weighted by Crippen LogP contribution is -2.22. The molecule has 0 fully saturated rings. The number of hydrogen-bond donors (Lipinski definition) is 1. The van der Waals surface area contributed by atoms with Crippen LogP contribution >= 0.6 is 0 Å². The van der Waals surface area contributed by atoms with E-state index in [1.807, 2.05) is 0 Å². The highest BCUT2D eigenvalue weighted by atomic mass is 32.2. The van der Waals surface area contributed by atoms with E-state index in [0.717, 1.165) is 6.07 Å². The number of Topliss-reactive ketones (excluding diaryl/α,β-unsaturated/α-hetero) is 1. The molecule has 0 spiro atoms. The molecule has 0 amide bonds. The third kappa shape index (κ3) is 4.37. The van der Waals surface area contributed by atoms with Crippen molar-refractivity contribution < 1.29 is 27.1 Å². The molecule has 7 nitrogen and oxygen atoms in total. The lowest BCUT2D eigenvalue weighted by atomic mass is 10.1. The van der Waals surface area contributed by atoms with E-state index in [-0.39, 0.29) is 29.3 Å². The van der Waals surface area contributed by atoms with Crippen LogP contribution in [-0.2, 0) is 19.6 Å². The monoisotopic (exact) mass is 390 g/mol. The van der Waals surface area contributed by atoms with Crippen molar-refractivity contribution >= 4 is 27.6 Å².